The van der Waals surface area contributed by atoms with Crippen molar-refractivity contribution in [3.05, 3.63) is 0 Å². The van der Waals surface area contributed by atoms with Crippen molar-refractivity contribution >= 4 is 23.7 Å². The third kappa shape index (κ3) is 4.22. The Kier molecular flexibility index (Phi) is 1.28. The van der Waals surface area contributed by atoms with Crippen LogP contribution in [0.4, 0.5) is 11.9 Å². The molecule has 0 amide bonds. The van der Waals surface area contributed by atoms with E-state index in [2.05, 4.69) is 15.0 Å². The van der Waals surface area contributed by atoms with Crippen molar-refractivity contribution in [2.45, 2.75) is 44.6 Å². The van der Waals surface area contributed by atoms with Crippen LogP contribution in [0.2, 0.25) is 0 Å². The van der Waals surface area contributed by atoms with E-state index < -0.39 is 51.3 Å². The Morgan fingerprint density at radius 3 is 1.94 bits per heavy atom. The van der Waals surface area contributed by atoms with Crippen molar-refractivity contribution in [3.8, 4) is 0 Å². The minimum absolute atomic E-state index is 0.188. The summed E-state index contributed by atoms with van der Waals surface area (Å²) in [6.07, 6.45) is 1.46. The Morgan fingerprint density at radius 2 is 1.56 bits per heavy atom. The van der Waals surface area contributed by atoms with Gasteiger partial charge < -0.3 is 10.6 Å². The fraction of sp³-hybridized carbons (Fsp3) is 0.700. The monoisotopic (exact) mass is 255 g/mol. The Labute approximate surface area is 121 Å². The first-order valence-corrected chi connectivity index (χ1v) is 5.18. The van der Waals surface area contributed by atoms with E-state index >= 15 is 0 Å². The van der Waals surface area contributed by atoms with Crippen molar-refractivity contribution < 1.29 is 19.2 Å². The molecule has 0 saturated heterocycles. The summed E-state index contributed by atoms with van der Waals surface area (Å²) >= 11 is 0.852. The highest BCUT2D eigenvalue weighted by Gasteiger charge is 2.07. The average molecular weight is 255 g/mol. The van der Waals surface area contributed by atoms with E-state index in [1.807, 2.05) is 10.6 Å². The third-order valence-electron chi connectivity index (χ3n) is 1.27. The number of aromatic nitrogens is 3. The molecule has 0 fully saturated rings. The normalized spacial score (nSPS) is 28.3. The Hall–Kier alpha value is -1.04. The van der Waals surface area contributed by atoms with Crippen LogP contribution in [0.15, 0.2) is 5.16 Å². The summed E-state index contributed by atoms with van der Waals surface area (Å²) in [5, 5.41) is 3.61. The van der Waals surface area contributed by atoms with Gasteiger partial charge in [-0.15, -0.1) is 0 Å². The van der Waals surface area contributed by atoms with Gasteiger partial charge in [0.05, 0.1) is 2.74 Å². The van der Waals surface area contributed by atoms with Gasteiger partial charge in [0.2, 0.25) is 11.9 Å². The van der Waals surface area contributed by atoms with Crippen molar-refractivity contribution in [3.63, 3.8) is 0 Å². The van der Waals surface area contributed by atoms with Gasteiger partial charge in [-0.05, 0) is 33.7 Å². The molecule has 5 nitrogen and oxygen atoms in total. The maximum atomic E-state index is 7.96. The largest absolute Gasteiger partial charge is 0.352 e. The van der Waals surface area contributed by atoms with E-state index in [1.54, 1.807) is 0 Å². The van der Waals surface area contributed by atoms with Gasteiger partial charge >= 0.3 is 0 Å². The minimum Gasteiger partial charge on any atom is -0.352 e. The molecule has 0 aromatic carbocycles. The zero-order chi connectivity index (χ0) is 24.0. The van der Waals surface area contributed by atoms with E-state index in [1.165, 1.54) is 6.26 Å². The molecule has 0 saturated carbocycles. The average Bonchev–Trinajstić information content (AvgIpc) is 2.50. The summed E-state index contributed by atoms with van der Waals surface area (Å²) < 4.78 is 105. The minimum atomic E-state index is -3.37. The Balaban J connectivity index is 3.54. The molecule has 1 heterocycles. The number of nitrogens with zero attached hydrogens (tertiary/aromatic N) is 3. The second kappa shape index (κ2) is 5.89. The van der Waals surface area contributed by atoms with Crippen LogP contribution in [-0.4, -0.2) is 33.2 Å². The molecule has 1 rings (SSSR count). The number of nitrogens with one attached hydrogen (secondary N) is 2. The molecule has 2 N–H and O–H groups in total. The molecule has 1 aromatic heterocycles. The van der Waals surface area contributed by atoms with Crippen LogP contribution in [0.5, 0.6) is 0 Å². The van der Waals surface area contributed by atoms with Crippen LogP contribution in [0, 0.1) is 0 Å². The SMILES string of the molecule is [2H]C([2H])([2H])C([2H])(Nc1nc(NC([2H])(C([2H])([2H])[2H])C([2H])([2H])[2H])nc(SC)n1)C([2H])([2H])[2H]. The van der Waals surface area contributed by atoms with Gasteiger partial charge in [-0.2, -0.15) is 15.0 Å². The van der Waals surface area contributed by atoms with Crippen molar-refractivity contribution in [1.82, 2.24) is 15.0 Å². The molecule has 0 radical (unpaired) electrons. The maximum absolute atomic E-state index is 7.96. The number of thioether (sulfide) groups is 1. The Bertz CT molecular complexity index is 667. The first-order chi connectivity index (χ1) is 13.1. The lowest BCUT2D eigenvalue weighted by Gasteiger charge is -2.12. The fourth-order valence-corrected chi connectivity index (χ4v) is 1.14. The molecular weight excluding hydrogens is 222 g/mol. The van der Waals surface area contributed by atoms with E-state index in [-0.39, 0.29) is 5.16 Å². The number of anilines is 2. The predicted molar refractivity (Wildman–Crippen MR) is 69.1 cm³/mol. The highest BCUT2D eigenvalue weighted by atomic mass is 32.2. The highest BCUT2D eigenvalue weighted by molar-refractivity contribution is 7.98. The zero-order valence-corrected chi connectivity index (χ0v) is 9.07. The molecular formula is C10H19N5S. The zero-order valence-electron chi connectivity index (χ0n) is 22.2. The molecule has 0 aliphatic heterocycles. The molecule has 0 atom stereocenters. The van der Waals surface area contributed by atoms with Crippen LogP contribution in [0.3, 0.4) is 0 Å². The van der Waals surface area contributed by atoms with Gasteiger partial charge in [0.1, 0.15) is 0 Å². The summed E-state index contributed by atoms with van der Waals surface area (Å²) in [6.45, 7) is -13.5. The maximum Gasteiger partial charge on any atom is 0.228 e. The van der Waals surface area contributed by atoms with Gasteiger partial charge in [0.15, 0.2) is 5.16 Å². The Morgan fingerprint density at radius 1 is 1.06 bits per heavy atom. The predicted octanol–water partition coefficient (Wildman–Crippen LogP) is 2.23. The van der Waals surface area contributed by atoms with Crippen LogP contribution in [0.25, 0.3) is 0 Å². The summed E-state index contributed by atoms with van der Waals surface area (Å²) in [6, 6.07) is -6.50. The molecule has 0 bridgehead atoms. The van der Waals surface area contributed by atoms with Crippen LogP contribution in [0.1, 0.15) is 46.6 Å². The molecule has 6 heteroatoms. The van der Waals surface area contributed by atoms with Crippen LogP contribution in [-0.2, 0) is 0 Å². The lowest BCUT2D eigenvalue weighted by molar-refractivity contribution is 0.813. The summed E-state index contributed by atoms with van der Waals surface area (Å²) in [5.41, 5.74) is 0. The lowest BCUT2D eigenvalue weighted by Crippen LogP contribution is -2.17. The molecule has 0 unspecified atom stereocenters. The summed E-state index contributed by atoms with van der Waals surface area (Å²) in [4.78, 5) is 11.1. The summed E-state index contributed by atoms with van der Waals surface area (Å²) in [7, 11) is 0. The molecule has 0 spiro atoms. The van der Waals surface area contributed by atoms with Crippen LogP contribution >= 0.6 is 11.8 Å². The van der Waals surface area contributed by atoms with Gasteiger partial charge in [0.25, 0.3) is 0 Å². The smallest absolute Gasteiger partial charge is 0.228 e. The number of hydrogen-bond acceptors (Lipinski definition) is 6. The lowest BCUT2D eigenvalue weighted by atomic mass is 10.4. The van der Waals surface area contributed by atoms with Gasteiger partial charge in [-0.25, -0.2) is 0 Å². The molecule has 1 aromatic rings. The van der Waals surface area contributed by atoms with Gasteiger partial charge in [0, 0.05) is 28.5 Å². The highest BCUT2D eigenvalue weighted by Crippen LogP contribution is 2.14. The first-order valence-electron chi connectivity index (χ1n) is 11.0. The van der Waals surface area contributed by atoms with E-state index in [0.717, 1.165) is 11.8 Å². The fourth-order valence-electron chi connectivity index (χ4n) is 0.783. The summed E-state index contributed by atoms with van der Waals surface area (Å²) in [5.74, 6) is -1.48. The van der Waals surface area contributed by atoms with Crippen LogP contribution < -0.4 is 10.6 Å². The standard InChI is InChI=1S/C10H19N5S/c1-6(2)11-8-13-9(12-7(3)4)15-10(14-8)16-5/h6-7H,1-5H3,(H2,11,12,13,14,15)/i1D3,2D3,3D3,4D3,6D,7D. The molecule has 90 valence electrons. The van der Waals surface area contributed by atoms with Crippen molar-refractivity contribution in [1.29, 1.82) is 0 Å². The van der Waals surface area contributed by atoms with E-state index in [9.17, 15) is 0 Å². The molecule has 0 aliphatic carbocycles. The quantitative estimate of drug-likeness (QED) is 0.787. The first kappa shape index (κ1) is 3.48. The molecule has 0 aliphatic rings. The second-order valence-corrected chi connectivity index (χ2v) is 3.24. The number of hydrogen-bond donors (Lipinski definition) is 2. The van der Waals surface area contributed by atoms with Crippen molar-refractivity contribution in [2.75, 3.05) is 16.9 Å². The third-order valence-corrected chi connectivity index (χ3v) is 1.82. The van der Waals surface area contributed by atoms with E-state index in [0.29, 0.717) is 0 Å². The van der Waals surface area contributed by atoms with Gasteiger partial charge in [-0.1, -0.05) is 11.8 Å². The molecule has 16 heavy (non-hydrogen) atoms. The van der Waals surface area contributed by atoms with Crippen molar-refractivity contribution in [2.24, 2.45) is 0 Å². The van der Waals surface area contributed by atoms with E-state index in [4.69, 9.17) is 19.2 Å². The second-order valence-electron chi connectivity index (χ2n) is 2.47. The topological polar surface area (TPSA) is 62.7 Å². The number of rotatable bonds is 5. The van der Waals surface area contributed by atoms with Gasteiger partial charge in [-0.3, -0.25) is 0 Å².